The number of amides is 1. The van der Waals surface area contributed by atoms with Crippen LogP contribution in [0.5, 0.6) is 0 Å². The van der Waals surface area contributed by atoms with E-state index in [4.69, 9.17) is 0 Å². The summed E-state index contributed by atoms with van der Waals surface area (Å²) in [7, 11) is 0. The molecule has 9 heteroatoms. The normalized spacial score (nSPS) is 11.4. The molecule has 0 aliphatic rings. The van der Waals surface area contributed by atoms with E-state index >= 15 is 0 Å². The van der Waals surface area contributed by atoms with Crippen molar-refractivity contribution in [3.05, 3.63) is 64.7 Å². The molecule has 0 radical (unpaired) electrons. The van der Waals surface area contributed by atoms with Gasteiger partial charge in [-0.05, 0) is 36.2 Å². The maximum absolute atomic E-state index is 13.0. The molecule has 0 aliphatic carbocycles. The average molecular weight is 348 g/mol. The molecule has 0 aliphatic heterocycles. The number of nitrogens with zero attached hydrogens (tertiary/aromatic N) is 1. The monoisotopic (exact) mass is 348 g/mol. The fraction of sp³-hybridized carbons (Fsp3) is 0.200. The van der Waals surface area contributed by atoms with Gasteiger partial charge in [-0.15, -0.1) is 0 Å². The number of halogens is 6. The SMILES string of the molecule is O=C(NCCc1cc(F)c(F)c(F)c1)c1ncccc1C(F)(F)F. The van der Waals surface area contributed by atoms with Gasteiger partial charge in [0.05, 0.1) is 5.56 Å². The Hall–Kier alpha value is -2.58. The van der Waals surface area contributed by atoms with Crippen molar-refractivity contribution in [2.45, 2.75) is 12.6 Å². The number of aromatic nitrogens is 1. The van der Waals surface area contributed by atoms with E-state index < -0.39 is 40.8 Å². The molecule has 2 rings (SSSR count). The summed E-state index contributed by atoms with van der Waals surface area (Å²) < 4.78 is 77.2. The maximum atomic E-state index is 13.0. The molecule has 0 spiro atoms. The lowest BCUT2D eigenvalue weighted by molar-refractivity contribution is -0.138. The lowest BCUT2D eigenvalue weighted by Crippen LogP contribution is -2.29. The van der Waals surface area contributed by atoms with Crippen molar-refractivity contribution in [2.24, 2.45) is 0 Å². The van der Waals surface area contributed by atoms with E-state index in [1.807, 2.05) is 0 Å². The molecular weight excluding hydrogens is 338 g/mol. The summed E-state index contributed by atoms with van der Waals surface area (Å²) in [6, 6.07) is 3.25. The van der Waals surface area contributed by atoms with Crippen molar-refractivity contribution in [1.29, 1.82) is 0 Å². The van der Waals surface area contributed by atoms with Crippen molar-refractivity contribution in [1.82, 2.24) is 10.3 Å². The predicted molar refractivity (Wildman–Crippen MR) is 71.6 cm³/mol. The van der Waals surface area contributed by atoms with Gasteiger partial charge in [0.1, 0.15) is 5.69 Å². The second kappa shape index (κ2) is 6.90. The predicted octanol–water partition coefficient (Wildman–Crippen LogP) is 3.49. The Balaban J connectivity index is 2.05. The summed E-state index contributed by atoms with van der Waals surface area (Å²) in [6.45, 7) is -0.211. The van der Waals surface area contributed by atoms with Crippen molar-refractivity contribution >= 4 is 5.91 Å². The topological polar surface area (TPSA) is 42.0 Å². The number of benzene rings is 1. The highest BCUT2D eigenvalue weighted by atomic mass is 19.4. The number of rotatable bonds is 4. The molecular formula is C15H10F6N2O. The Labute approximate surface area is 132 Å². The number of pyridine rings is 1. The van der Waals surface area contributed by atoms with Gasteiger partial charge in [-0.3, -0.25) is 9.78 Å². The third-order valence-electron chi connectivity index (χ3n) is 3.07. The molecule has 0 unspecified atom stereocenters. The fourth-order valence-corrected chi connectivity index (χ4v) is 1.97. The van der Waals surface area contributed by atoms with Gasteiger partial charge in [0.2, 0.25) is 0 Å². The Morgan fingerprint density at radius 2 is 1.75 bits per heavy atom. The van der Waals surface area contributed by atoms with Crippen LogP contribution in [0.1, 0.15) is 21.6 Å². The summed E-state index contributed by atoms with van der Waals surface area (Å²) >= 11 is 0. The first-order valence-electron chi connectivity index (χ1n) is 6.64. The first-order valence-corrected chi connectivity index (χ1v) is 6.64. The number of alkyl halides is 3. The quantitative estimate of drug-likeness (QED) is 0.679. The minimum absolute atomic E-state index is 0.0452. The van der Waals surface area contributed by atoms with Gasteiger partial charge in [0.15, 0.2) is 17.5 Å². The van der Waals surface area contributed by atoms with Crippen molar-refractivity contribution in [2.75, 3.05) is 6.54 Å². The van der Waals surface area contributed by atoms with Gasteiger partial charge in [0.25, 0.3) is 5.91 Å². The van der Waals surface area contributed by atoms with E-state index in [1.165, 1.54) is 0 Å². The molecule has 1 N–H and O–H groups in total. The molecule has 0 saturated heterocycles. The van der Waals surface area contributed by atoms with E-state index in [0.29, 0.717) is 6.07 Å². The number of hydrogen-bond donors (Lipinski definition) is 1. The largest absolute Gasteiger partial charge is 0.418 e. The fourth-order valence-electron chi connectivity index (χ4n) is 1.97. The maximum Gasteiger partial charge on any atom is 0.418 e. The first kappa shape index (κ1) is 17.8. The number of nitrogens with one attached hydrogen (secondary N) is 1. The molecule has 1 aromatic carbocycles. The zero-order valence-corrected chi connectivity index (χ0v) is 11.9. The Morgan fingerprint density at radius 3 is 2.33 bits per heavy atom. The third-order valence-corrected chi connectivity index (χ3v) is 3.07. The van der Waals surface area contributed by atoms with E-state index in [-0.39, 0.29) is 18.5 Å². The molecule has 24 heavy (non-hydrogen) atoms. The van der Waals surface area contributed by atoms with Gasteiger partial charge in [0, 0.05) is 12.7 Å². The van der Waals surface area contributed by atoms with Crippen LogP contribution in [0.15, 0.2) is 30.5 Å². The lowest BCUT2D eigenvalue weighted by atomic mass is 10.1. The van der Waals surface area contributed by atoms with Gasteiger partial charge in [-0.2, -0.15) is 13.2 Å². The summed E-state index contributed by atoms with van der Waals surface area (Å²) in [5.74, 6) is -5.47. The van der Waals surface area contributed by atoms with Crippen LogP contribution in [0, 0.1) is 17.5 Å². The van der Waals surface area contributed by atoms with E-state index in [0.717, 1.165) is 24.4 Å². The van der Waals surface area contributed by atoms with Crippen LogP contribution in [0.25, 0.3) is 0 Å². The summed E-state index contributed by atoms with van der Waals surface area (Å²) in [4.78, 5) is 15.2. The Morgan fingerprint density at radius 1 is 1.12 bits per heavy atom. The van der Waals surface area contributed by atoms with E-state index in [1.54, 1.807) is 0 Å². The van der Waals surface area contributed by atoms with Gasteiger partial charge in [-0.25, -0.2) is 13.2 Å². The minimum Gasteiger partial charge on any atom is -0.350 e. The molecule has 0 bridgehead atoms. The molecule has 0 saturated carbocycles. The Kier molecular flexibility index (Phi) is 5.10. The highest BCUT2D eigenvalue weighted by Crippen LogP contribution is 2.30. The van der Waals surface area contributed by atoms with Crippen molar-refractivity contribution in [3.63, 3.8) is 0 Å². The van der Waals surface area contributed by atoms with Crippen LogP contribution in [-0.2, 0) is 12.6 Å². The summed E-state index contributed by atoms with van der Waals surface area (Å²) in [5.41, 5.74) is -1.95. The Bertz CT molecular complexity index is 737. The molecule has 2 aromatic rings. The van der Waals surface area contributed by atoms with Gasteiger partial charge in [-0.1, -0.05) is 0 Å². The molecule has 1 aromatic heterocycles. The van der Waals surface area contributed by atoms with Crippen LogP contribution >= 0.6 is 0 Å². The molecule has 1 amide bonds. The molecule has 128 valence electrons. The van der Waals surface area contributed by atoms with Crippen LogP contribution in [-0.4, -0.2) is 17.4 Å². The van der Waals surface area contributed by atoms with Crippen molar-refractivity contribution in [3.8, 4) is 0 Å². The van der Waals surface area contributed by atoms with Gasteiger partial charge < -0.3 is 5.32 Å². The number of carbonyl (C=O) groups is 1. The van der Waals surface area contributed by atoms with Crippen LogP contribution in [0.3, 0.4) is 0 Å². The van der Waals surface area contributed by atoms with Crippen LogP contribution in [0.2, 0.25) is 0 Å². The molecule has 3 nitrogen and oxygen atoms in total. The second-order valence-corrected chi connectivity index (χ2v) is 4.78. The standard InChI is InChI=1S/C15H10F6N2O/c16-10-6-8(7-11(17)12(10)18)3-5-23-14(24)13-9(15(19,20)21)2-1-4-22-13/h1-2,4,6-7H,3,5H2,(H,23,24). The molecule has 0 fully saturated rings. The molecule has 1 heterocycles. The second-order valence-electron chi connectivity index (χ2n) is 4.78. The molecule has 0 atom stereocenters. The lowest BCUT2D eigenvalue weighted by Gasteiger charge is -2.11. The number of carbonyl (C=O) groups excluding carboxylic acids is 1. The zero-order valence-electron chi connectivity index (χ0n) is 11.9. The summed E-state index contributed by atoms with van der Waals surface area (Å²) in [5, 5.41) is 2.17. The summed E-state index contributed by atoms with van der Waals surface area (Å²) in [6.07, 6.45) is -3.81. The van der Waals surface area contributed by atoms with Crippen molar-refractivity contribution < 1.29 is 31.1 Å². The van der Waals surface area contributed by atoms with E-state index in [9.17, 15) is 31.1 Å². The van der Waals surface area contributed by atoms with Crippen LogP contribution < -0.4 is 5.32 Å². The first-order chi connectivity index (χ1) is 11.2. The van der Waals surface area contributed by atoms with Gasteiger partial charge >= 0.3 is 6.18 Å². The average Bonchev–Trinajstić information content (AvgIpc) is 2.51. The van der Waals surface area contributed by atoms with E-state index in [2.05, 4.69) is 10.3 Å². The smallest absolute Gasteiger partial charge is 0.350 e. The minimum atomic E-state index is -4.75. The number of hydrogen-bond acceptors (Lipinski definition) is 2. The zero-order chi connectivity index (χ0) is 17.9. The third kappa shape index (κ3) is 4.03. The highest BCUT2D eigenvalue weighted by Gasteiger charge is 2.35. The van der Waals surface area contributed by atoms with Crippen LogP contribution in [0.4, 0.5) is 26.3 Å². The highest BCUT2D eigenvalue weighted by molar-refractivity contribution is 5.93.